The fraction of sp³-hybridized carbons (Fsp3) is 0.273. The van der Waals surface area contributed by atoms with Crippen molar-refractivity contribution >= 4 is 16.8 Å². The van der Waals surface area contributed by atoms with Gasteiger partial charge in [-0.15, -0.1) is 0 Å². The summed E-state index contributed by atoms with van der Waals surface area (Å²) in [6.07, 6.45) is 1.68. The van der Waals surface area contributed by atoms with Crippen LogP contribution in [0.25, 0.3) is 10.9 Å². The minimum Gasteiger partial charge on any atom is -0.364 e. The number of nitrogens with zero attached hydrogens (tertiary/aromatic N) is 2. The van der Waals surface area contributed by atoms with Crippen molar-refractivity contribution in [2.45, 2.75) is 13.5 Å². The first kappa shape index (κ1) is 10.5. The summed E-state index contributed by atoms with van der Waals surface area (Å²) in [5.41, 5.74) is 6.06. The molecule has 0 aliphatic rings. The molecular formula is C11H13N3O2. The van der Waals surface area contributed by atoms with Gasteiger partial charge in [0.2, 0.25) is 0 Å². The molecule has 5 heteroatoms. The highest BCUT2D eigenvalue weighted by molar-refractivity contribution is 5.97. The molecule has 2 rings (SSSR count). The molecule has 16 heavy (non-hydrogen) atoms. The summed E-state index contributed by atoms with van der Waals surface area (Å²) in [5, 5.41) is 0.749. The molecule has 84 valence electrons. The Balaban J connectivity index is 2.95. The first-order valence-electron chi connectivity index (χ1n) is 5.05. The molecule has 0 atom stereocenters. The first-order chi connectivity index (χ1) is 7.56. The van der Waals surface area contributed by atoms with Crippen LogP contribution >= 0.6 is 0 Å². The maximum Gasteiger partial charge on any atom is 0.274 e. The molecule has 0 aliphatic heterocycles. The number of amides is 1. The molecular weight excluding hydrogens is 206 g/mol. The fourth-order valence-corrected chi connectivity index (χ4v) is 1.90. The van der Waals surface area contributed by atoms with Crippen LogP contribution in [0.1, 0.15) is 17.4 Å². The predicted octanol–water partition coefficient (Wildman–Crippen LogP) is 0.459. The number of nitrogens with two attached hydrogens (primary N) is 1. The van der Waals surface area contributed by atoms with Crippen LogP contribution in [0.15, 0.2) is 23.1 Å². The summed E-state index contributed by atoms with van der Waals surface area (Å²) in [6.45, 7) is 2.42. The summed E-state index contributed by atoms with van der Waals surface area (Å²) in [5.74, 6) is -0.514. The summed E-state index contributed by atoms with van der Waals surface area (Å²) in [7, 11) is 1.68. The van der Waals surface area contributed by atoms with E-state index in [2.05, 4.69) is 0 Å². The number of pyridine rings is 1. The molecule has 5 nitrogen and oxygen atoms in total. The van der Waals surface area contributed by atoms with Crippen molar-refractivity contribution < 1.29 is 4.79 Å². The lowest BCUT2D eigenvalue weighted by Gasteiger charge is -2.04. The van der Waals surface area contributed by atoms with Gasteiger partial charge in [0.1, 0.15) is 11.2 Å². The molecule has 0 saturated carbocycles. The smallest absolute Gasteiger partial charge is 0.274 e. The number of carbonyl (C=O) groups is 1. The van der Waals surface area contributed by atoms with Crippen molar-refractivity contribution in [1.29, 1.82) is 0 Å². The van der Waals surface area contributed by atoms with Gasteiger partial charge in [0.15, 0.2) is 0 Å². The van der Waals surface area contributed by atoms with Gasteiger partial charge >= 0.3 is 0 Å². The van der Waals surface area contributed by atoms with Gasteiger partial charge in [-0.3, -0.25) is 9.59 Å². The maximum absolute atomic E-state index is 11.9. The van der Waals surface area contributed by atoms with Crippen molar-refractivity contribution in [3.8, 4) is 0 Å². The third-order valence-corrected chi connectivity index (χ3v) is 2.70. The molecule has 2 N–H and O–H groups in total. The second-order valence-electron chi connectivity index (χ2n) is 3.67. The lowest BCUT2D eigenvalue weighted by Crippen LogP contribution is -2.21. The zero-order valence-electron chi connectivity index (χ0n) is 9.23. The molecule has 0 aliphatic carbocycles. The van der Waals surface area contributed by atoms with E-state index in [0.29, 0.717) is 17.8 Å². The lowest BCUT2D eigenvalue weighted by atomic mass is 10.3. The summed E-state index contributed by atoms with van der Waals surface area (Å²) in [4.78, 5) is 23.2. The van der Waals surface area contributed by atoms with Crippen LogP contribution in [0.5, 0.6) is 0 Å². The van der Waals surface area contributed by atoms with Crippen molar-refractivity contribution in [1.82, 2.24) is 9.13 Å². The van der Waals surface area contributed by atoms with E-state index in [-0.39, 0.29) is 5.56 Å². The zero-order chi connectivity index (χ0) is 11.9. The molecule has 0 unspecified atom stereocenters. The normalized spacial score (nSPS) is 10.9. The van der Waals surface area contributed by atoms with Crippen molar-refractivity contribution in [2.75, 3.05) is 0 Å². The molecule has 2 heterocycles. The standard InChI is InChI=1S/C11H13N3O2/c1-3-14-8(10(12)15)6-7-4-5-13(2)11(16)9(7)14/h4-6H,3H2,1-2H3,(H2,12,15). The van der Waals surface area contributed by atoms with Gasteiger partial charge in [-0.2, -0.15) is 0 Å². The lowest BCUT2D eigenvalue weighted by molar-refractivity contribution is 0.0992. The SMILES string of the molecule is CCn1c(C(N)=O)cc2ccn(C)c(=O)c21. The first-order valence-corrected chi connectivity index (χ1v) is 5.05. The number of primary amides is 1. The monoisotopic (exact) mass is 219 g/mol. The molecule has 0 fully saturated rings. The van der Waals surface area contributed by atoms with Crippen LogP contribution < -0.4 is 11.3 Å². The van der Waals surface area contributed by atoms with Crippen molar-refractivity contribution in [3.05, 3.63) is 34.4 Å². The number of aryl methyl sites for hydroxylation is 2. The summed E-state index contributed by atoms with van der Waals surface area (Å²) in [6, 6.07) is 3.46. The summed E-state index contributed by atoms with van der Waals surface area (Å²) >= 11 is 0. The van der Waals surface area contributed by atoms with Gasteiger partial charge in [0.25, 0.3) is 11.5 Å². The second-order valence-corrected chi connectivity index (χ2v) is 3.67. The summed E-state index contributed by atoms with van der Waals surface area (Å²) < 4.78 is 3.14. The van der Waals surface area contributed by atoms with E-state index in [1.807, 2.05) is 6.92 Å². The molecule has 0 radical (unpaired) electrons. The number of aromatic nitrogens is 2. The maximum atomic E-state index is 11.9. The minimum absolute atomic E-state index is 0.119. The third kappa shape index (κ3) is 1.32. The van der Waals surface area contributed by atoms with Crippen LogP contribution in [0.3, 0.4) is 0 Å². The number of hydrogen-bond acceptors (Lipinski definition) is 2. The van der Waals surface area contributed by atoms with Crippen molar-refractivity contribution in [3.63, 3.8) is 0 Å². The molecule has 0 spiro atoms. The Morgan fingerprint density at radius 2 is 2.19 bits per heavy atom. The molecule has 0 bridgehead atoms. The Bertz CT molecular complexity index is 622. The number of rotatable bonds is 2. The van der Waals surface area contributed by atoms with Crippen molar-refractivity contribution in [2.24, 2.45) is 12.8 Å². The van der Waals surface area contributed by atoms with E-state index in [4.69, 9.17) is 5.73 Å². The number of fused-ring (bicyclic) bond motifs is 1. The quantitative estimate of drug-likeness (QED) is 0.797. The van der Waals surface area contributed by atoms with Crippen LogP contribution in [0, 0.1) is 0 Å². The highest BCUT2D eigenvalue weighted by atomic mass is 16.1. The van der Waals surface area contributed by atoms with E-state index in [0.717, 1.165) is 5.39 Å². The topological polar surface area (TPSA) is 70.0 Å². The van der Waals surface area contributed by atoms with Crippen LogP contribution in [0.2, 0.25) is 0 Å². The van der Waals surface area contributed by atoms with E-state index < -0.39 is 5.91 Å². The Morgan fingerprint density at radius 3 is 2.75 bits per heavy atom. The van der Waals surface area contributed by atoms with Crippen LogP contribution in [0.4, 0.5) is 0 Å². The Morgan fingerprint density at radius 1 is 1.50 bits per heavy atom. The van der Waals surface area contributed by atoms with Gasteiger partial charge in [-0.05, 0) is 19.1 Å². The van der Waals surface area contributed by atoms with Gasteiger partial charge < -0.3 is 14.9 Å². The average molecular weight is 219 g/mol. The van der Waals surface area contributed by atoms with Crippen LogP contribution in [-0.2, 0) is 13.6 Å². The molecule has 2 aromatic heterocycles. The number of hydrogen-bond donors (Lipinski definition) is 1. The van der Waals surface area contributed by atoms with Gasteiger partial charge in [-0.25, -0.2) is 0 Å². The fourth-order valence-electron chi connectivity index (χ4n) is 1.90. The predicted molar refractivity (Wildman–Crippen MR) is 61.4 cm³/mol. The molecule has 1 amide bonds. The molecule has 2 aromatic rings. The van der Waals surface area contributed by atoms with E-state index in [1.165, 1.54) is 4.57 Å². The molecule has 0 saturated heterocycles. The Labute approximate surface area is 92.1 Å². The molecule has 0 aromatic carbocycles. The van der Waals surface area contributed by atoms with Gasteiger partial charge in [-0.1, -0.05) is 0 Å². The van der Waals surface area contributed by atoms with E-state index >= 15 is 0 Å². The highest BCUT2D eigenvalue weighted by Crippen LogP contribution is 2.15. The third-order valence-electron chi connectivity index (χ3n) is 2.70. The zero-order valence-corrected chi connectivity index (χ0v) is 9.23. The average Bonchev–Trinajstić information content (AvgIpc) is 2.62. The van der Waals surface area contributed by atoms with Gasteiger partial charge in [0.05, 0.1) is 0 Å². The Kier molecular flexibility index (Phi) is 2.30. The van der Waals surface area contributed by atoms with Gasteiger partial charge in [0, 0.05) is 25.2 Å². The Hall–Kier alpha value is -2.04. The van der Waals surface area contributed by atoms with Crippen LogP contribution in [-0.4, -0.2) is 15.0 Å². The number of carbonyl (C=O) groups excluding carboxylic acids is 1. The van der Waals surface area contributed by atoms with E-state index in [9.17, 15) is 9.59 Å². The minimum atomic E-state index is -0.514. The largest absolute Gasteiger partial charge is 0.364 e. The van der Waals surface area contributed by atoms with E-state index in [1.54, 1.807) is 29.9 Å². The second kappa shape index (κ2) is 3.52. The highest BCUT2D eigenvalue weighted by Gasteiger charge is 2.14.